The molecule has 0 radical (unpaired) electrons. The zero-order chi connectivity index (χ0) is 24.1. The summed E-state index contributed by atoms with van der Waals surface area (Å²) < 4.78 is 0. The van der Waals surface area contributed by atoms with Crippen LogP contribution in [0.1, 0.15) is 52.1 Å². The first-order chi connectivity index (χ1) is 16.4. The Morgan fingerprint density at radius 2 is 1.65 bits per heavy atom. The molecule has 34 heavy (non-hydrogen) atoms. The van der Waals surface area contributed by atoms with Crippen LogP contribution < -0.4 is 0 Å². The van der Waals surface area contributed by atoms with Gasteiger partial charge in [0.05, 0.1) is 21.7 Å². The summed E-state index contributed by atoms with van der Waals surface area (Å²) in [5.41, 5.74) is 7.62. The SMILES string of the molecule is C=CC(C)(C)C(CCC)CCCc1cc2nc(-c3ccc(-c4ccccc4)cc3)c(Cl)cc2[nH]1. The molecule has 0 bridgehead atoms. The van der Waals surface area contributed by atoms with Gasteiger partial charge in [0, 0.05) is 11.3 Å². The molecule has 4 aromatic rings. The summed E-state index contributed by atoms with van der Waals surface area (Å²) >= 11 is 6.66. The molecule has 2 heterocycles. The number of H-pyrrole nitrogens is 1. The van der Waals surface area contributed by atoms with Gasteiger partial charge in [-0.2, -0.15) is 0 Å². The van der Waals surface area contributed by atoms with E-state index >= 15 is 0 Å². The highest BCUT2D eigenvalue weighted by Gasteiger charge is 2.25. The Hall–Kier alpha value is -2.84. The molecule has 0 spiro atoms. The number of nitrogens with one attached hydrogen (secondary N) is 1. The van der Waals surface area contributed by atoms with Crippen molar-refractivity contribution in [2.24, 2.45) is 11.3 Å². The van der Waals surface area contributed by atoms with Crippen molar-refractivity contribution < 1.29 is 0 Å². The van der Waals surface area contributed by atoms with Crippen LogP contribution in [-0.4, -0.2) is 9.97 Å². The molecule has 0 saturated carbocycles. The van der Waals surface area contributed by atoms with Crippen molar-refractivity contribution >= 4 is 22.6 Å². The van der Waals surface area contributed by atoms with E-state index in [0.717, 1.165) is 35.1 Å². The smallest absolute Gasteiger partial charge is 0.0897 e. The highest BCUT2D eigenvalue weighted by atomic mass is 35.5. The van der Waals surface area contributed by atoms with Gasteiger partial charge in [-0.05, 0) is 60.3 Å². The Bertz CT molecular complexity index is 1240. The molecule has 0 aliphatic rings. The summed E-state index contributed by atoms with van der Waals surface area (Å²) in [6.07, 6.45) is 7.95. The van der Waals surface area contributed by atoms with Crippen LogP contribution in [0.4, 0.5) is 0 Å². The third-order valence-electron chi connectivity index (χ3n) is 7.09. The first-order valence-electron chi connectivity index (χ1n) is 12.4. The minimum atomic E-state index is 0.177. The molecule has 2 aromatic carbocycles. The minimum absolute atomic E-state index is 0.177. The number of rotatable bonds is 10. The molecule has 0 amide bonds. The molecule has 2 nitrogen and oxygen atoms in total. The van der Waals surface area contributed by atoms with Crippen molar-refractivity contribution in [2.45, 2.75) is 52.9 Å². The molecule has 1 unspecified atom stereocenters. The maximum atomic E-state index is 6.66. The van der Waals surface area contributed by atoms with Crippen LogP contribution in [0.2, 0.25) is 5.02 Å². The molecule has 0 aliphatic carbocycles. The minimum Gasteiger partial charge on any atom is -0.357 e. The van der Waals surface area contributed by atoms with Crippen LogP contribution in [-0.2, 0) is 6.42 Å². The Balaban J connectivity index is 1.49. The standard InChI is InChI=1S/C31H35ClN2/c1-5-11-25(31(3,4)6-2)14-10-15-26-20-28-29(33-26)21-27(32)30(34-28)24-18-16-23(17-19-24)22-12-8-7-9-13-22/h6-9,12-13,16-21,25,33H,2,5,10-11,14-15H2,1,3-4H3. The van der Waals surface area contributed by atoms with Crippen LogP contribution in [0.5, 0.6) is 0 Å². The van der Waals surface area contributed by atoms with Crippen molar-refractivity contribution in [3.63, 3.8) is 0 Å². The van der Waals surface area contributed by atoms with Crippen molar-refractivity contribution in [3.05, 3.63) is 90.1 Å². The summed E-state index contributed by atoms with van der Waals surface area (Å²) in [5, 5.41) is 0.670. The van der Waals surface area contributed by atoms with Crippen LogP contribution in [0, 0.1) is 11.3 Å². The van der Waals surface area contributed by atoms with E-state index in [0.29, 0.717) is 10.9 Å². The van der Waals surface area contributed by atoms with E-state index in [4.69, 9.17) is 16.6 Å². The molecular weight excluding hydrogens is 436 g/mol. The van der Waals surface area contributed by atoms with E-state index in [1.54, 1.807) is 0 Å². The molecule has 1 atom stereocenters. The normalized spacial score (nSPS) is 12.7. The van der Waals surface area contributed by atoms with Crippen molar-refractivity contribution in [1.29, 1.82) is 0 Å². The summed E-state index contributed by atoms with van der Waals surface area (Å²) in [5.74, 6) is 0.664. The topological polar surface area (TPSA) is 28.7 Å². The molecule has 2 aromatic heterocycles. The van der Waals surface area contributed by atoms with Crippen LogP contribution >= 0.6 is 11.6 Å². The van der Waals surface area contributed by atoms with Crippen molar-refractivity contribution in [3.8, 4) is 22.4 Å². The number of benzene rings is 2. The van der Waals surface area contributed by atoms with Crippen LogP contribution in [0.25, 0.3) is 33.4 Å². The van der Waals surface area contributed by atoms with Gasteiger partial charge in [0.25, 0.3) is 0 Å². The highest BCUT2D eigenvalue weighted by molar-refractivity contribution is 6.33. The van der Waals surface area contributed by atoms with E-state index in [-0.39, 0.29) is 5.41 Å². The van der Waals surface area contributed by atoms with E-state index in [9.17, 15) is 0 Å². The third-order valence-corrected chi connectivity index (χ3v) is 7.38. The molecule has 1 N–H and O–H groups in total. The van der Waals surface area contributed by atoms with Crippen LogP contribution in [0.15, 0.2) is 79.4 Å². The second-order valence-corrected chi connectivity index (χ2v) is 10.3. The summed E-state index contributed by atoms with van der Waals surface area (Å²) in [4.78, 5) is 8.45. The zero-order valence-corrected chi connectivity index (χ0v) is 21.3. The van der Waals surface area contributed by atoms with E-state index < -0.39 is 0 Å². The number of hydrogen-bond donors (Lipinski definition) is 1. The van der Waals surface area contributed by atoms with Gasteiger partial charge >= 0.3 is 0 Å². The number of allylic oxidation sites excluding steroid dienone is 1. The fraction of sp³-hybridized carbons (Fsp3) is 0.323. The predicted octanol–water partition coefficient (Wildman–Crippen LogP) is 9.50. The molecule has 0 fully saturated rings. The van der Waals surface area contributed by atoms with Gasteiger partial charge in [0.2, 0.25) is 0 Å². The second-order valence-electron chi connectivity index (χ2n) is 9.89. The summed E-state index contributed by atoms with van der Waals surface area (Å²) in [6, 6.07) is 23.1. The van der Waals surface area contributed by atoms with Gasteiger partial charge in [-0.1, -0.05) is 99.5 Å². The fourth-order valence-electron chi connectivity index (χ4n) is 4.82. The van der Waals surface area contributed by atoms with E-state index in [2.05, 4.69) is 93.0 Å². The molecule has 0 saturated heterocycles. The maximum absolute atomic E-state index is 6.66. The zero-order valence-electron chi connectivity index (χ0n) is 20.6. The average molecular weight is 471 g/mol. The third kappa shape index (κ3) is 5.45. The lowest BCUT2D eigenvalue weighted by Gasteiger charge is -2.31. The molecule has 3 heteroatoms. The lowest BCUT2D eigenvalue weighted by atomic mass is 9.74. The number of fused-ring (bicyclic) bond motifs is 1. The van der Waals surface area contributed by atoms with Gasteiger partial charge < -0.3 is 4.98 Å². The summed E-state index contributed by atoms with van der Waals surface area (Å²) in [7, 11) is 0. The number of nitrogens with zero attached hydrogens (tertiary/aromatic N) is 1. The van der Waals surface area contributed by atoms with Crippen molar-refractivity contribution in [2.75, 3.05) is 0 Å². The Kier molecular flexibility index (Phi) is 7.58. The number of halogens is 1. The number of aryl methyl sites for hydroxylation is 1. The largest absolute Gasteiger partial charge is 0.357 e. The fourth-order valence-corrected chi connectivity index (χ4v) is 5.08. The van der Waals surface area contributed by atoms with Gasteiger partial charge in [0.1, 0.15) is 0 Å². The van der Waals surface area contributed by atoms with Gasteiger partial charge in [-0.3, -0.25) is 0 Å². The first-order valence-corrected chi connectivity index (χ1v) is 12.8. The monoisotopic (exact) mass is 470 g/mol. The maximum Gasteiger partial charge on any atom is 0.0897 e. The molecule has 0 aliphatic heterocycles. The van der Waals surface area contributed by atoms with E-state index in [1.807, 2.05) is 12.1 Å². The van der Waals surface area contributed by atoms with Crippen LogP contribution in [0.3, 0.4) is 0 Å². The van der Waals surface area contributed by atoms with E-state index in [1.165, 1.54) is 36.1 Å². The van der Waals surface area contributed by atoms with Gasteiger partial charge in [-0.25, -0.2) is 4.98 Å². The number of pyridine rings is 1. The summed E-state index contributed by atoms with van der Waals surface area (Å²) in [6.45, 7) is 11.0. The highest BCUT2D eigenvalue weighted by Crippen LogP contribution is 2.36. The Morgan fingerprint density at radius 1 is 0.971 bits per heavy atom. The second kappa shape index (κ2) is 10.6. The Morgan fingerprint density at radius 3 is 2.32 bits per heavy atom. The number of aromatic nitrogens is 2. The molecule has 176 valence electrons. The van der Waals surface area contributed by atoms with Gasteiger partial charge in [-0.15, -0.1) is 6.58 Å². The number of aromatic amines is 1. The lowest BCUT2D eigenvalue weighted by molar-refractivity contribution is 0.243. The quantitative estimate of drug-likeness (QED) is 0.229. The van der Waals surface area contributed by atoms with Crippen molar-refractivity contribution in [1.82, 2.24) is 9.97 Å². The Labute approximate surface area is 209 Å². The average Bonchev–Trinajstić information content (AvgIpc) is 3.25. The predicted molar refractivity (Wildman–Crippen MR) is 147 cm³/mol. The molecule has 4 rings (SSSR count). The first kappa shape index (κ1) is 24.3. The van der Waals surface area contributed by atoms with Gasteiger partial charge in [0.15, 0.2) is 0 Å². The molecular formula is C31H35ClN2. The number of hydrogen-bond acceptors (Lipinski definition) is 1. The lowest BCUT2D eigenvalue weighted by Crippen LogP contribution is -2.21.